The van der Waals surface area contributed by atoms with Gasteiger partial charge in [-0.2, -0.15) is 0 Å². The van der Waals surface area contributed by atoms with Crippen molar-refractivity contribution in [2.45, 2.75) is 52.5 Å². The molecule has 1 saturated carbocycles. The fourth-order valence-corrected chi connectivity index (χ4v) is 3.54. The van der Waals surface area contributed by atoms with Gasteiger partial charge in [0.25, 0.3) is 0 Å². The lowest BCUT2D eigenvalue weighted by atomic mass is 9.81. The average Bonchev–Trinajstić information content (AvgIpc) is 2.75. The van der Waals surface area contributed by atoms with Gasteiger partial charge < -0.3 is 10.3 Å². The molecule has 0 amide bonds. The van der Waals surface area contributed by atoms with Gasteiger partial charge in [-0.05, 0) is 36.8 Å². The van der Waals surface area contributed by atoms with E-state index in [1.54, 1.807) is 0 Å². The molecular weight excluding hydrogens is 246 g/mol. The van der Waals surface area contributed by atoms with E-state index < -0.39 is 0 Å². The summed E-state index contributed by atoms with van der Waals surface area (Å²) in [5.41, 5.74) is 9.62. The summed E-state index contributed by atoms with van der Waals surface area (Å²) >= 11 is 0. The van der Waals surface area contributed by atoms with Gasteiger partial charge in [0, 0.05) is 6.54 Å². The zero-order valence-electron chi connectivity index (χ0n) is 12.6. The molecular formula is C17H25N3. The highest BCUT2D eigenvalue weighted by Crippen LogP contribution is 2.31. The highest BCUT2D eigenvalue weighted by molar-refractivity contribution is 5.81. The average molecular weight is 271 g/mol. The molecule has 108 valence electrons. The summed E-state index contributed by atoms with van der Waals surface area (Å²) in [5, 5.41) is 0. The summed E-state index contributed by atoms with van der Waals surface area (Å²) in [6, 6.07) is 6.25. The van der Waals surface area contributed by atoms with Crippen LogP contribution >= 0.6 is 0 Å². The summed E-state index contributed by atoms with van der Waals surface area (Å²) in [6.07, 6.45) is 6.78. The first kappa shape index (κ1) is 13.5. The second-order valence-electron chi connectivity index (χ2n) is 6.48. The molecule has 3 rings (SSSR count). The van der Waals surface area contributed by atoms with E-state index in [0.717, 1.165) is 23.9 Å². The molecule has 0 bridgehead atoms. The number of rotatable bonds is 3. The Kier molecular flexibility index (Phi) is 3.68. The van der Waals surface area contributed by atoms with Gasteiger partial charge in [-0.3, -0.25) is 0 Å². The van der Waals surface area contributed by atoms with E-state index in [4.69, 9.17) is 5.73 Å². The minimum Gasteiger partial charge on any atom is -0.369 e. The number of anilines is 1. The number of benzene rings is 1. The van der Waals surface area contributed by atoms with Crippen LogP contribution in [-0.4, -0.2) is 9.55 Å². The van der Waals surface area contributed by atoms with Gasteiger partial charge in [-0.1, -0.05) is 44.7 Å². The molecule has 2 aromatic rings. The summed E-state index contributed by atoms with van der Waals surface area (Å²) in [6.45, 7) is 5.52. The first-order chi connectivity index (χ1) is 9.65. The Hall–Kier alpha value is -1.51. The first-order valence-electron chi connectivity index (χ1n) is 7.86. The quantitative estimate of drug-likeness (QED) is 0.911. The SMILES string of the molecule is Cc1cccc2nc(N)n(CCC3CCC(C)CC3)c12. The van der Waals surface area contributed by atoms with Crippen molar-refractivity contribution in [2.75, 3.05) is 5.73 Å². The van der Waals surface area contributed by atoms with Crippen molar-refractivity contribution >= 4 is 17.0 Å². The zero-order valence-corrected chi connectivity index (χ0v) is 12.6. The van der Waals surface area contributed by atoms with Crippen LogP contribution in [0.1, 0.15) is 44.6 Å². The highest BCUT2D eigenvalue weighted by atomic mass is 15.1. The minimum absolute atomic E-state index is 0.665. The van der Waals surface area contributed by atoms with E-state index in [2.05, 4.69) is 41.6 Å². The molecule has 0 spiro atoms. The van der Waals surface area contributed by atoms with Crippen molar-refractivity contribution < 1.29 is 0 Å². The third-order valence-electron chi connectivity index (χ3n) is 4.89. The summed E-state index contributed by atoms with van der Waals surface area (Å²) in [5.74, 6) is 2.46. The monoisotopic (exact) mass is 271 g/mol. The Morgan fingerprint density at radius 2 is 2.00 bits per heavy atom. The molecule has 0 saturated heterocycles. The molecule has 1 fully saturated rings. The second-order valence-corrected chi connectivity index (χ2v) is 6.48. The fourth-order valence-electron chi connectivity index (χ4n) is 3.54. The topological polar surface area (TPSA) is 43.8 Å². The number of nitrogens with zero attached hydrogens (tertiary/aromatic N) is 2. The molecule has 0 unspecified atom stereocenters. The standard InChI is InChI=1S/C17H25N3/c1-12-6-8-14(9-7-12)10-11-20-16-13(2)4-3-5-15(16)19-17(20)18/h3-5,12,14H,6-11H2,1-2H3,(H2,18,19). The van der Waals surface area contributed by atoms with Crippen LogP contribution in [0.3, 0.4) is 0 Å². The molecule has 3 nitrogen and oxygen atoms in total. The lowest BCUT2D eigenvalue weighted by Gasteiger charge is -2.26. The molecule has 20 heavy (non-hydrogen) atoms. The first-order valence-corrected chi connectivity index (χ1v) is 7.86. The van der Waals surface area contributed by atoms with E-state index in [-0.39, 0.29) is 0 Å². The number of hydrogen-bond acceptors (Lipinski definition) is 2. The van der Waals surface area contributed by atoms with Crippen LogP contribution in [0.5, 0.6) is 0 Å². The molecule has 1 aromatic carbocycles. The van der Waals surface area contributed by atoms with Gasteiger partial charge in [0.15, 0.2) is 0 Å². The summed E-state index contributed by atoms with van der Waals surface area (Å²) < 4.78 is 2.21. The molecule has 0 radical (unpaired) electrons. The summed E-state index contributed by atoms with van der Waals surface area (Å²) in [4.78, 5) is 4.49. The van der Waals surface area contributed by atoms with Crippen molar-refractivity contribution in [3.05, 3.63) is 23.8 Å². The summed E-state index contributed by atoms with van der Waals surface area (Å²) in [7, 11) is 0. The lowest BCUT2D eigenvalue weighted by molar-refractivity contribution is 0.270. The maximum Gasteiger partial charge on any atom is 0.201 e. The van der Waals surface area contributed by atoms with Gasteiger partial charge >= 0.3 is 0 Å². The van der Waals surface area contributed by atoms with Gasteiger partial charge in [0.05, 0.1) is 11.0 Å². The third-order valence-corrected chi connectivity index (χ3v) is 4.89. The molecule has 2 N–H and O–H groups in total. The van der Waals surface area contributed by atoms with Crippen molar-refractivity contribution in [2.24, 2.45) is 11.8 Å². The highest BCUT2D eigenvalue weighted by Gasteiger charge is 2.19. The molecule has 0 atom stereocenters. The van der Waals surface area contributed by atoms with E-state index >= 15 is 0 Å². The smallest absolute Gasteiger partial charge is 0.201 e. The number of fused-ring (bicyclic) bond motifs is 1. The van der Waals surface area contributed by atoms with Gasteiger partial charge in [-0.25, -0.2) is 4.98 Å². The predicted octanol–water partition coefficient (Wildman–Crippen LogP) is 4.14. The van der Waals surface area contributed by atoms with Crippen LogP contribution in [0.2, 0.25) is 0 Å². The molecule has 1 aliphatic rings. The number of imidazole rings is 1. The molecule has 1 aromatic heterocycles. The number of nitrogens with two attached hydrogens (primary N) is 1. The maximum absolute atomic E-state index is 6.11. The van der Waals surface area contributed by atoms with Gasteiger partial charge in [-0.15, -0.1) is 0 Å². The van der Waals surface area contributed by atoms with E-state index in [9.17, 15) is 0 Å². The Morgan fingerprint density at radius 3 is 2.75 bits per heavy atom. The fraction of sp³-hybridized carbons (Fsp3) is 0.588. The lowest BCUT2D eigenvalue weighted by Crippen LogP contribution is -2.15. The van der Waals surface area contributed by atoms with E-state index in [1.165, 1.54) is 43.2 Å². The normalized spacial score (nSPS) is 23.3. The van der Waals surface area contributed by atoms with Crippen molar-refractivity contribution in [3.63, 3.8) is 0 Å². The number of para-hydroxylation sites is 1. The number of hydrogen-bond donors (Lipinski definition) is 1. The number of aromatic nitrogens is 2. The Balaban J connectivity index is 1.76. The minimum atomic E-state index is 0.665. The van der Waals surface area contributed by atoms with Crippen LogP contribution in [0.4, 0.5) is 5.95 Å². The Labute approximate surface area is 121 Å². The van der Waals surface area contributed by atoms with Crippen LogP contribution in [0.15, 0.2) is 18.2 Å². The maximum atomic E-state index is 6.11. The molecule has 3 heteroatoms. The second kappa shape index (κ2) is 5.47. The van der Waals surface area contributed by atoms with Crippen molar-refractivity contribution in [1.29, 1.82) is 0 Å². The van der Waals surface area contributed by atoms with Crippen LogP contribution in [0, 0.1) is 18.8 Å². The van der Waals surface area contributed by atoms with Gasteiger partial charge in [0.2, 0.25) is 5.95 Å². The Bertz CT molecular complexity index is 592. The number of nitrogen functional groups attached to an aromatic ring is 1. The van der Waals surface area contributed by atoms with Gasteiger partial charge in [0.1, 0.15) is 0 Å². The van der Waals surface area contributed by atoms with Crippen molar-refractivity contribution in [3.8, 4) is 0 Å². The van der Waals surface area contributed by atoms with E-state index in [0.29, 0.717) is 5.95 Å². The van der Waals surface area contributed by atoms with Crippen molar-refractivity contribution in [1.82, 2.24) is 9.55 Å². The number of aryl methyl sites for hydroxylation is 2. The van der Waals surface area contributed by atoms with E-state index in [1.807, 2.05) is 0 Å². The Morgan fingerprint density at radius 1 is 1.25 bits per heavy atom. The third kappa shape index (κ3) is 2.54. The molecule has 1 heterocycles. The van der Waals surface area contributed by atoms with Crippen LogP contribution in [-0.2, 0) is 6.54 Å². The molecule has 1 aliphatic carbocycles. The molecule has 0 aliphatic heterocycles. The van der Waals surface area contributed by atoms with Crippen LogP contribution < -0.4 is 5.73 Å². The zero-order chi connectivity index (χ0) is 14.1. The van der Waals surface area contributed by atoms with Crippen LogP contribution in [0.25, 0.3) is 11.0 Å². The predicted molar refractivity (Wildman–Crippen MR) is 84.6 cm³/mol. The largest absolute Gasteiger partial charge is 0.369 e.